The first-order valence-corrected chi connectivity index (χ1v) is 4.25. The Hall–Kier alpha value is -1.12. The molecule has 1 atom stereocenters. The molecule has 13 heavy (non-hydrogen) atoms. The van der Waals surface area contributed by atoms with Gasteiger partial charge in [-0.15, -0.1) is 0 Å². The molecule has 0 aliphatic carbocycles. The van der Waals surface area contributed by atoms with Gasteiger partial charge >= 0.3 is 0 Å². The first kappa shape index (κ1) is 9.96. The molecule has 1 nitrogen and oxygen atoms in total. The molecule has 1 aromatic carbocycles. The van der Waals surface area contributed by atoms with E-state index in [9.17, 15) is 8.78 Å². The number of rotatable bonds is 4. The highest BCUT2D eigenvalue weighted by molar-refractivity contribution is 5.23. The topological polar surface area (TPSA) is 9.23 Å². The molecule has 0 radical (unpaired) electrons. The monoisotopic (exact) mass is 186 g/mol. The molecule has 1 unspecified atom stereocenters. The lowest BCUT2D eigenvalue weighted by molar-refractivity contribution is 0.186. The Kier molecular flexibility index (Phi) is 3.68. The molecule has 3 heteroatoms. The minimum atomic E-state index is -1.03. The molecule has 0 aliphatic rings. The highest BCUT2D eigenvalue weighted by atomic mass is 19.1. The summed E-state index contributed by atoms with van der Waals surface area (Å²) in [6, 6.07) is 5.98. The van der Waals surface area contributed by atoms with Crippen LogP contribution < -0.4 is 4.74 Å². The Morgan fingerprint density at radius 3 is 2.69 bits per heavy atom. The van der Waals surface area contributed by atoms with Crippen molar-refractivity contribution in [1.29, 1.82) is 0 Å². The molecule has 0 aliphatic heterocycles. The van der Waals surface area contributed by atoms with Crippen molar-refractivity contribution in [2.45, 2.75) is 19.5 Å². The van der Waals surface area contributed by atoms with Crippen LogP contribution in [0.25, 0.3) is 0 Å². The van der Waals surface area contributed by atoms with Crippen LogP contribution in [0.15, 0.2) is 24.3 Å². The molecule has 0 saturated carbocycles. The summed E-state index contributed by atoms with van der Waals surface area (Å²) in [5.74, 6) is -0.343. The largest absolute Gasteiger partial charge is 0.487 e. The fraction of sp³-hybridized carbons (Fsp3) is 0.400. The van der Waals surface area contributed by atoms with Crippen LogP contribution in [-0.2, 0) is 0 Å². The van der Waals surface area contributed by atoms with Crippen LogP contribution in [0.1, 0.15) is 13.3 Å². The van der Waals surface area contributed by atoms with Gasteiger partial charge in [0.25, 0.3) is 0 Å². The van der Waals surface area contributed by atoms with E-state index in [4.69, 9.17) is 4.74 Å². The lowest BCUT2D eigenvalue weighted by Gasteiger charge is -2.08. The van der Waals surface area contributed by atoms with Gasteiger partial charge in [-0.2, -0.15) is 0 Å². The zero-order chi connectivity index (χ0) is 9.68. The number of alkyl halides is 1. The van der Waals surface area contributed by atoms with E-state index in [1.807, 2.05) is 0 Å². The Bertz CT molecular complexity index is 263. The fourth-order valence-corrected chi connectivity index (χ4v) is 0.860. The molecule has 1 aromatic rings. The third-order valence-corrected chi connectivity index (χ3v) is 1.70. The van der Waals surface area contributed by atoms with Gasteiger partial charge in [0.2, 0.25) is 0 Å². The van der Waals surface area contributed by atoms with Crippen LogP contribution >= 0.6 is 0 Å². The van der Waals surface area contributed by atoms with Crippen LogP contribution in [0.5, 0.6) is 5.75 Å². The molecular weight excluding hydrogens is 174 g/mol. The minimum absolute atomic E-state index is 0.0859. The Balaban J connectivity index is 2.50. The van der Waals surface area contributed by atoms with Crippen LogP contribution in [0.3, 0.4) is 0 Å². The van der Waals surface area contributed by atoms with Crippen LogP contribution in [-0.4, -0.2) is 12.8 Å². The molecular formula is C10H12F2O. The van der Waals surface area contributed by atoms with Crippen molar-refractivity contribution >= 4 is 0 Å². The molecule has 1 rings (SSSR count). The zero-order valence-electron chi connectivity index (χ0n) is 7.47. The molecule has 0 heterocycles. The second-order valence-corrected chi connectivity index (χ2v) is 2.75. The van der Waals surface area contributed by atoms with Gasteiger partial charge in [0.05, 0.1) is 0 Å². The van der Waals surface area contributed by atoms with Crippen LogP contribution in [0, 0.1) is 5.82 Å². The van der Waals surface area contributed by atoms with Crippen molar-refractivity contribution in [2.75, 3.05) is 6.61 Å². The van der Waals surface area contributed by atoms with Crippen LogP contribution in [0.2, 0.25) is 0 Å². The van der Waals surface area contributed by atoms with Gasteiger partial charge in [-0.3, -0.25) is 0 Å². The summed E-state index contributed by atoms with van der Waals surface area (Å²) in [7, 11) is 0. The Morgan fingerprint density at radius 1 is 1.38 bits per heavy atom. The Morgan fingerprint density at radius 2 is 2.08 bits per heavy atom. The highest BCUT2D eigenvalue weighted by Gasteiger charge is 2.06. The van der Waals surface area contributed by atoms with Gasteiger partial charge in [0, 0.05) is 0 Å². The van der Waals surface area contributed by atoms with Crippen LogP contribution in [0.4, 0.5) is 8.78 Å². The maximum absolute atomic E-state index is 12.9. The van der Waals surface area contributed by atoms with E-state index in [1.54, 1.807) is 19.1 Å². The Labute approximate surface area is 76.3 Å². The second-order valence-electron chi connectivity index (χ2n) is 2.75. The van der Waals surface area contributed by atoms with E-state index in [2.05, 4.69) is 0 Å². The quantitative estimate of drug-likeness (QED) is 0.702. The van der Waals surface area contributed by atoms with E-state index in [1.165, 1.54) is 12.1 Å². The molecule has 0 N–H and O–H groups in total. The highest BCUT2D eigenvalue weighted by Crippen LogP contribution is 2.16. The smallest absolute Gasteiger partial charge is 0.165 e. The predicted octanol–water partition coefficient (Wildman–Crippen LogP) is 2.95. The average molecular weight is 186 g/mol. The van der Waals surface area contributed by atoms with Gasteiger partial charge in [-0.05, 0) is 18.6 Å². The number of para-hydroxylation sites is 1. The lowest BCUT2D eigenvalue weighted by atomic mass is 10.3. The summed E-state index contributed by atoms with van der Waals surface area (Å²) < 4.78 is 30.5. The summed E-state index contributed by atoms with van der Waals surface area (Å²) in [5.41, 5.74) is 0. The number of halogens is 2. The van der Waals surface area contributed by atoms with Crippen molar-refractivity contribution in [3.8, 4) is 5.75 Å². The summed E-state index contributed by atoms with van der Waals surface area (Å²) in [6.07, 6.45) is -0.645. The predicted molar refractivity (Wildman–Crippen MR) is 47.1 cm³/mol. The van der Waals surface area contributed by atoms with Gasteiger partial charge in [-0.1, -0.05) is 19.1 Å². The molecule has 0 bridgehead atoms. The molecule has 0 fully saturated rings. The first-order chi connectivity index (χ1) is 6.24. The minimum Gasteiger partial charge on any atom is -0.487 e. The molecule has 0 aromatic heterocycles. The number of benzene rings is 1. The summed E-state index contributed by atoms with van der Waals surface area (Å²) in [4.78, 5) is 0. The normalized spacial score (nSPS) is 12.5. The maximum atomic E-state index is 12.9. The number of hydrogen-bond acceptors (Lipinski definition) is 1. The van der Waals surface area contributed by atoms with Gasteiger partial charge in [0.1, 0.15) is 12.8 Å². The summed E-state index contributed by atoms with van der Waals surface area (Å²) in [6.45, 7) is 1.63. The van der Waals surface area contributed by atoms with Crippen molar-refractivity contribution in [3.63, 3.8) is 0 Å². The van der Waals surface area contributed by atoms with E-state index in [0.717, 1.165) is 0 Å². The number of hydrogen-bond donors (Lipinski definition) is 0. The van der Waals surface area contributed by atoms with Crippen molar-refractivity contribution in [1.82, 2.24) is 0 Å². The maximum Gasteiger partial charge on any atom is 0.165 e. The fourth-order valence-electron chi connectivity index (χ4n) is 0.860. The molecule has 0 saturated heterocycles. The summed E-state index contributed by atoms with van der Waals surface area (Å²) >= 11 is 0. The van der Waals surface area contributed by atoms with Gasteiger partial charge in [-0.25, -0.2) is 8.78 Å². The van der Waals surface area contributed by atoms with Crippen molar-refractivity contribution in [3.05, 3.63) is 30.1 Å². The van der Waals surface area contributed by atoms with E-state index >= 15 is 0 Å². The van der Waals surface area contributed by atoms with Crippen molar-refractivity contribution in [2.24, 2.45) is 0 Å². The van der Waals surface area contributed by atoms with Gasteiger partial charge in [0.15, 0.2) is 11.6 Å². The van der Waals surface area contributed by atoms with E-state index in [0.29, 0.717) is 6.42 Å². The zero-order valence-corrected chi connectivity index (χ0v) is 7.47. The number of ether oxygens (including phenoxy) is 1. The lowest BCUT2D eigenvalue weighted by Crippen LogP contribution is -2.11. The molecule has 72 valence electrons. The van der Waals surface area contributed by atoms with E-state index in [-0.39, 0.29) is 12.4 Å². The van der Waals surface area contributed by atoms with E-state index < -0.39 is 12.0 Å². The first-order valence-electron chi connectivity index (χ1n) is 4.25. The third-order valence-electron chi connectivity index (χ3n) is 1.70. The van der Waals surface area contributed by atoms with Crippen molar-refractivity contribution < 1.29 is 13.5 Å². The third kappa shape index (κ3) is 3.01. The van der Waals surface area contributed by atoms with Gasteiger partial charge < -0.3 is 4.74 Å². The molecule has 0 amide bonds. The second kappa shape index (κ2) is 4.80. The summed E-state index contributed by atoms with van der Waals surface area (Å²) in [5, 5.41) is 0. The standard InChI is InChI=1S/C10H12F2O/c1-2-8(11)7-13-10-6-4-3-5-9(10)12/h3-6,8H,2,7H2,1H3. The molecule has 0 spiro atoms. The SMILES string of the molecule is CCC(F)COc1ccccc1F. The average Bonchev–Trinajstić information content (AvgIpc) is 2.16.